The minimum Gasteiger partial charge on any atom is -0.497 e. The molecule has 0 spiro atoms. The number of carbonyl (C=O) groups is 1. The number of hydrogen-bond donors (Lipinski definition) is 2. The van der Waals surface area contributed by atoms with Crippen LogP contribution in [0.3, 0.4) is 0 Å². The van der Waals surface area contributed by atoms with E-state index in [-0.39, 0.29) is 23.8 Å². The highest BCUT2D eigenvalue weighted by Crippen LogP contribution is 2.35. The number of thiophene rings is 1. The standard InChI is InChI=1S/C27H29FN2O4S/c1-34-21-5-6-24-22(14-21)27(23(28)15-29-24)25(31)7-4-19-8-11-30(16-20(19)13-26(32)33)10-2-3-18-9-12-35-17-18/h5-6,9,12,14-15,17,19-20,25,31H,4,7-8,10-11,13,16H2,1H3,(H,32,33)/t19-,20+,25+/m1/s1. The SMILES string of the molecule is COc1ccc2ncc(F)c([C@@H](O)CC[C@@H]3CCN(CC#Cc4ccsc4)C[C@@H]3CC(=O)O)c2c1. The van der Waals surface area contributed by atoms with Crippen molar-refractivity contribution in [2.45, 2.75) is 31.8 Å². The smallest absolute Gasteiger partial charge is 0.303 e. The van der Waals surface area contributed by atoms with Crippen LogP contribution in [-0.2, 0) is 4.79 Å². The summed E-state index contributed by atoms with van der Waals surface area (Å²) < 4.78 is 20.0. The van der Waals surface area contributed by atoms with E-state index in [2.05, 4.69) is 21.7 Å². The summed E-state index contributed by atoms with van der Waals surface area (Å²) in [5.74, 6) is 5.60. The topological polar surface area (TPSA) is 82.9 Å². The minimum atomic E-state index is -1.02. The zero-order valence-corrected chi connectivity index (χ0v) is 20.4. The van der Waals surface area contributed by atoms with Crippen molar-refractivity contribution >= 4 is 28.2 Å². The van der Waals surface area contributed by atoms with Crippen molar-refractivity contribution in [2.75, 3.05) is 26.7 Å². The van der Waals surface area contributed by atoms with E-state index in [1.165, 1.54) is 7.11 Å². The number of aliphatic carboxylic acids is 1. The van der Waals surface area contributed by atoms with E-state index in [4.69, 9.17) is 4.74 Å². The Labute approximate surface area is 208 Å². The Bertz CT molecular complexity index is 1220. The predicted molar refractivity (Wildman–Crippen MR) is 134 cm³/mol. The Hall–Kier alpha value is -2.99. The molecular weight excluding hydrogens is 467 g/mol. The van der Waals surface area contributed by atoms with E-state index in [1.807, 2.05) is 16.8 Å². The molecule has 0 bridgehead atoms. The summed E-state index contributed by atoms with van der Waals surface area (Å²) in [5, 5.41) is 25.0. The first kappa shape index (κ1) is 25.1. The van der Waals surface area contributed by atoms with Gasteiger partial charge >= 0.3 is 5.97 Å². The molecule has 8 heteroatoms. The van der Waals surface area contributed by atoms with Crippen LogP contribution < -0.4 is 4.74 Å². The summed E-state index contributed by atoms with van der Waals surface area (Å²) in [4.78, 5) is 17.9. The maximum atomic E-state index is 14.7. The van der Waals surface area contributed by atoms with Crippen LogP contribution in [0.4, 0.5) is 4.39 Å². The van der Waals surface area contributed by atoms with Crippen LogP contribution in [0, 0.1) is 29.5 Å². The number of carboxylic acid groups (broad SMARTS) is 1. The van der Waals surface area contributed by atoms with E-state index in [9.17, 15) is 19.4 Å². The van der Waals surface area contributed by atoms with Crippen molar-refractivity contribution in [3.05, 3.63) is 58.2 Å². The lowest BCUT2D eigenvalue weighted by molar-refractivity contribution is -0.139. The van der Waals surface area contributed by atoms with Crippen molar-refractivity contribution in [1.29, 1.82) is 0 Å². The Kier molecular flexibility index (Phi) is 8.34. The monoisotopic (exact) mass is 496 g/mol. The van der Waals surface area contributed by atoms with Crippen molar-refractivity contribution in [3.63, 3.8) is 0 Å². The van der Waals surface area contributed by atoms with Crippen LogP contribution in [0.1, 0.15) is 42.9 Å². The van der Waals surface area contributed by atoms with Gasteiger partial charge in [-0.25, -0.2) is 4.39 Å². The van der Waals surface area contributed by atoms with Gasteiger partial charge in [-0.1, -0.05) is 11.8 Å². The zero-order chi connectivity index (χ0) is 24.8. The maximum Gasteiger partial charge on any atom is 0.303 e. The lowest BCUT2D eigenvalue weighted by atomic mass is 9.79. The summed E-state index contributed by atoms with van der Waals surface area (Å²) in [6.07, 6.45) is 1.95. The number of ether oxygens (including phenoxy) is 1. The molecule has 0 radical (unpaired) electrons. The van der Waals surface area contributed by atoms with Gasteiger partial charge in [0.25, 0.3) is 0 Å². The molecule has 3 heterocycles. The molecule has 1 fully saturated rings. The van der Waals surface area contributed by atoms with Crippen molar-refractivity contribution < 1.29 is 24.1 Å². The highest BCUT2D eigenvalue weighted by molar-refractivity contribution is 7.08. The van der Waals surface area contributed by atoms with Gasteiger partial charge in [0.15, 0.2) is 0 Å². The van der Waals surface area contributed by atoms with Crippen molar-refractivity contribution in [3.8, 4) is 17.6 Å². The molecule has 4 rings (SSSR count). The predicted octanol–water partition coefficient (Wildman–Crippen LogP) is 4.72. The highest BCUT2D eigenvalue weighted by Gasteiger charge is 2.31. The number of methoxy groups -OCH3 is 1. The average Bonchev–Trinajstić information content (AvgIpc) is 3.36. The van der Waals surface area contributed by atoms with Gasteiger partial charge in [0, 0.05) is 34.9 Å². The van der Waals surface area contributed by atoms with E-state index < -0.39 is 17.9 Å². The molecule has 35 heavy (non-hydrogen) atoms. The number of likely N-dealkylation sites (tertiary alicyclic amines) is 1. The van der Waals surface area contributed by atoms with Crippen molar-refractivity contribution in [1.82, 2.24) is 9.88 Å². The second kappa shape index (κ2) is 11.6. The van der Waals surface area contributed by atoms with Crippen LogP contribution in [0.5, 0.6) is 5.75 Å². The Morgan fingerprint density at radius 1 is 1.37 bits per heavy atom. The first-order valence-corrected chi connectivity index (χ1v) is 12.6. The summed E-state index contributed by atoms with van der Waals surface area (Å²) in [6.45, 7) is 2.06. The van der Waals surface area contributed by atoms with Gasteiger partial charge < -0.3 is 14.9 Å². The van der Waals surface area contributed by atoms with Crippen LogP contribution >= 0.6 is 11.3 Å². The van der Waals surface area contributed by atoms with Gasteiger partial charge in [0.2, 0.25) is 0 Å². The molecule has 184 valence electrons. The molecule has 2 N–H and O–H groups in total. The van der Waals surface area contributed by atoms with E-state index in [0.29, 0.717) is 42.6 Å². The quantitative estimate of drug-likeness (QED) is 0.439. The third kappa shape index (κ3) is 6.37. The second-order valence-electron chi connectivity index (χ2n) is 8.95. The number of carboxylic acids is 1. The number of halogens is 1. The highest BCUT2D eigenvalue weighted by atomic mass is 32.1. The fourth-order valence-electron chi connectivity index (χ4n) is 4.87. The van der Waals surface area contributed by atoms with Gasteiger partial charge in [0.1, 0.15) is 11.6 Å². The largest absolute Gasteiger partial charge is 0.497 e. The van der Waals surface area contributed by atoms with Gasteiger partial charge in [0.05, 0.1) is 31.5 Å². The molecule has 3 atom stereocenters. The van der Waals surface area contributed by atoms with Crippen molar-refractivity contribution in [2.24, 2.45) is 11.8 Å². The van der Waals surface area contributed by atoms with E-state index in [1.54, 1.807) is 29.5 Å². The first-order chi connectivity index (χ1) is 16.9. The van der Waals surface area contributed by atoms with E-state index >= 15 is 0 Å². The Balaban J connectivity index is 1.42. The Morgan fingerprint density at radius 3 is 2.97 bits per heavy atom. The zero-order valence-electron chi connectivity index (χ0n) is 19.6. The average molecular weight is 497 g/mol. The van der Waals surface area contributed by atoms with Crippen LogP contribution in [0.25, 0.3) is 10.9 Å². The van der Waals surface area contributed by atoms with Gasteiger partial charge in [-0.15, -0.1) is 0 Å². The summed E-state index contributed by atoms with van der Waals surface area (Å²) in [6, 6.07) is 7.16. The molecule has 1 aliphatic rings. The van der Waals surface area contributed by atoms with Gasteiger partial charge in [-0.05, 0) is 67.3 Å². The molecule has 2 aromatic heterocycles. The van der Waals surface area contributed by atoms with Crippen LogP contribution in [0.2, 0.25) is 0 Å². The number of nitrogens with zero attached hydrogens (tertiary/aromatic N) is 2. The number of rotatable bonds is 8. The molecule has 1 aliphatic heterocycles. The summed E-state index contributed by atoms with van der Waals surface area (Å²) >= 11 is 1.61. The third-order valence-corrected chi connectivity index (χ3v) is 7.36. The number of benzene rings is 1. The number of hydrogen-bond acceptors (Lipinski definition) is 6. The lowest BCUT2D eigenvalue weighted by Crippen LogP contribution is -2.41. The first-order valence-electron chi connectivity index (χ1n) is 11.7. The number of aromatic nitrogens is 1. The van der Waals surface area contributed by atoms with Gasteiger partial charge in [-0.2, -0.15) is 11.3 Å². The number of pyridine rings is 1. The fourth-order valence-corrected chi connectivity index (χ4v) is 5.46. The number of fused-ring (bicyclic) bond motifs is 1. The van der Waals surface area contributed by atoms with Gasteiger partial charge in [-0.3, -0.25) is 14.7 Å². The van der Waals surface area contributed by atoms with Crippen LogP contribution in [0.15, 0.2) is 41.2 Å². The molecule has 0 aliphatic carbocycles. The summed E-state index contributed by atoms with van der Waals surface area (Å²) in [7, 11) is 1.53. The normalized spacial score (nSPS) is 19.2. The number of aliphatic hydroxyl groups excluding tert-OH is 1. The lowest BCUT2D eigenvalue weighted by Gasteiger charge is -2.37. The fraction of sp³-hybridized carbons (Fsp3) is 0.407. The molecule has 1 saturated heterocycles. The molecular formula is C27H29FN2O4S. The molecule has 0 saturated carbocycles. The van der Waals surface area contributed by atoms with Crippen LogP contribution in [-0.4, -0.2) is 52.8 Å². The molecule has 1 aromatic carbocycles. The summed E-state index contributed by atoms with van der Waals surface area (Å²) in [5.41, 5.74) is 1.79. The number of piperidine rings is 1. The molecule has 0 unspecified atom stereocenters. The Morgan fingerprint density at radius 2 is 2.23 bits per heavy atom. The molecule has 6 nitrogen and oxygen atoms in total. The van der Waals surface area contributed by atoms with E-state index in [0.717, 1.165) is 24.7 Å². The maximum absolute atomic E-state index is 14.7. The third-order valence-electron chi connectivity index (χ3n) is 6.68. The molecule has 0 amide bonds. The number of aliphatic hydroxyl groups is 1. The second-order valence-corrected chi connectivity index (χ2v) is 9.73. The minimum absolute atomic E-state index is 0.0458. The molecule has 3 aromatic rings.